The number of cyclic esters (lactones) is 1. The zero-order valence-corrected chi connectivity index (χ0v) is 11.7. The SMILES string of the molecule is COc1ccc([C@H]2CNC(=O)OC2(C)C)cc1B(O)O. The third-order valence-electron chi connectivity index (χ3n) is 3.58. The molecule has 7 heteroatoms. The van der Waals surface area contributed by atoms with E-state index in [1.807, 2.05) is 19.9 Å². The first kappa shape index (κ1) is 14.7. The first-order valence-electron chi connectivity index (χ1n) is 6.36. The van der Waals surface area contributed by atoms with Crippen LogP contribution in [0.1, 0.15) is 25.3 Å². The van der Waals surface area contributed by atoms with Gasteiger partial charge in [-0.2, -0.15) is 0 Å². The van der Waals surface area contributed by atoms with Gasteiger partial charge in [0.2, 0.25) is 0 Å². The van der Waals surface area contributed by atoms with Crippen LogP contribution >= 0.6 is 0 Å². The standard InChI is InChI=1S/C13H18BNO5/c1-13(2)9(7-15-12(16)20-13)8-4-5-11(19-3)10(6-8)14(17)18/h4-6,9,17-18H,7H2,1-3H3,(H,15,16)/t9-/m1/s1. The summed E-state index contributed by atoms with van der Waals surface area (Å²) in [5.74, 6) is 0.311. The maximum atomic E-state index is 11.3. The molecule has 0 saturated carbocycles. The van der Waals surface area contributed by atoms with E-state index in [4.69, 9.17) is 9.47 Å². The van der Waals surface area contributed by atoms with Crippen LogP contribution in [0.3, 0.4) is 0 Å². The lowest BCUT2D eigenvalue weighted by Gasteiger charge is -2.38. The van der Waals surface area contributed by atoms with Gasteiger partial charge in [-0.1, -0.05) is 12.1 Å². The Bertz CT molecular complexity index is 517. The number of rotatable bonds is 3. The molecule has 1 amide bonds. The van der Waals surface area contributed by atoms with Gasteiger partial charge in [0.05, 0.1) is 7.11 Å². The third kappa shape index (κ3) is 2.73. The lowest BCUT2D eigenvalue weighted by atomic mass is 9.75. The Labute approximate surface area is 117 Å². The Morgan fingerprint density at radius 2 is 2.15 bits per heavy atom. The van der Waals surface area contributed by atoms with Gasteiger partial charge < -0.3 is 24.8 Å². The average Bonchev–Trinajstić information content (AvgIpc) is 2.36. The van der Waals surface area contributed by atoms with E-state index in [0.29, 0.717) is 12.3 Å². The van der Waals surface area contributed by atoms with Crippen LogP contribution in [0.4, 0.5) is 4.79 Å². The summed E-state index contributed by atoms with van der Waals surface area (Å²) in [6, 6.07) is 5.17. The van der Waals surface area contributed by atoms with Gasteiger partial charge in [-0.3, -0.25) is 0 Å². The van der Waals surface area contributed by atoms with Crippen LogP contribution in [0.15, 0.2) is 18.2 Å². The van der Waals surface area contributed by atoms with Crippen molar-refractivity contribution >= 4 is 18.7 Å². The summed E-state index contributed by atoms with van der Waals surface area (Å²) in [5.41, 5.74) is 0.464. The summed E-state index contributed by atoms with van der Waals surface area (Å²) in [5, 5.41) is 21.5. The Kier molecular flexibility index (Phi) is 3.92. The Morgan fingerprint density at radius 1 is 1.45 bits per heavy atom. The third-order valence-corrected chi connectivity index (χ3v) is 3.58. The smallest absolute Gasteiger partial charge is 0.492 e. The molecule has 0 unspecified atom stereocenters. The average molecular weight is 279 g/mol. The fourth-order valence-electron chi connectivity index (χ4n) is 2.47. The Balaban J connectivity index is 2.37. The number of carbonyl (C=O) groups is 1. The van der Waals surface area contributed by atoms with E-state index in [1.165, 1.54) is 7.11 Å². The molecule has 0 aromatic heterocycles. The van der Waals surface area contributed by atoms with Gasteiger partial charge in [-0.05, 0) is 25.5 Å². The van der Waals surface area contributed by atoms with E-state index >= 15 is 0 Å². The summed E-state index contributed by atoms with van der Waals surface area (Å²) < 4.78 is 10.4. The van der Waals surface area contributed by atoms with Gasteiger partial charge in [-0.15, -0.1) is 0 Å². The molecule has 0 radical (unpaired) electrons. The number of ether oxygens (including phenoxy) is 2. The fraction of sp³-hybridized carbons (Fsp3) is 0.462. The number of carbonyl (C=O) groups excluding carboxylic acids is 1. The minimum Gasteiger partial charge on any atom is -0.497 e. The van der Waals surface area contributed by atoms with Crippen molar-refractivity contribution in [1.29, 1.82) is 0 Å². The largest absolute Gasteiger partial charge is 0.497 e. The summed E-state index contributed by atoms with van der Waals surface area (Å²) in [7, 11) is -0.151. The van der Waals surface area contributed by atoms with Crippen molar-refractivity contribution in [2.75, 3.05) is 13.7 Å². The van der Waals surface area contributed by atoms with Crippen LogP contribution in [0, 0.1) is 0 Å². The summed E-state index contributed by atoms with van der Waals surface area (Å²) in [6.45, 7) is 4.09. The first-order chi connectivity index (χ1) is 9.35. The second kappa shape index (κ2) is 5.34. The molecule has 3 N–H and O–H groups in total. The van der Waals surface area contributed by atoms with Crippen molar-refractivity contribution in [3.05, 3.63) is 23.8 Å². The molecule has 1 atom stereocenters. The molecule has 1 aliphatic rings. The topological polar surface area (TPSA) is 88.0 Å². The lowest BCUT2D eigenvalue weighted by molar-refractivity contribution is -0.00192. The minimum atomic E-state index is -1.62. The van der Waals surface area contributed by atoms with Crippen molar-refractivity contribution < 1.29 is 24.3 Å². The second-order valence-electron chi connectivity index (χ2n) is 5.30. The number of alkyl carbamates (subject to hydrolysis) is 1. The summed E-state index contributed by atoms with van der Waals surface area (Å²) in [4.78, 5) is 11.3. The van der Waals surface area contributed by atoms with Crippen LogP contribution in [-0.4, -0.2) is 42.5 Å². The van der Waals surface area contributed by atoms with Crippen molar-refractivity contribution in [3.63, 3.8) is 0 Å². The maximum Gasteiger partial charge on any atom is 0.492 e. The highest BCUT2D eigenvalue weighted by Gasteiger charge is 2.39. The highest BCUT2D eigenvalue weighted by atomic mass is 16.6. The van der Waals surface area contributed by atoms with Gasteiger partial charge in [0.1, 0.15) is 11.4 Å². The number of methoxy groups -OCH3 is 1. The maximum absolute atomic E-state index is 11.3. The normalized spacial score (nSPS) is 20.9. The highest BCUT2D eigenvalue weighted by molar-refractivity contribution is 6.59. The lowest BCUT2D eigenvalue weighted by Crippen LogP contribution is -2.50. The van der Waals surface area contributed by atoms with Crippen molar-refractivity contribution in [1.82, 2.24) is 5.32 Å². The van der Waals surface area contributed by atoms with E-state index in [1.54, 1.807) is 12.1 Å². The summed E-state index contributed by atoms with van der Waals surface area (Å²) in [6.07, 6.45) is -0.442. The highest BCUT2D eigenvalue weighted by Crippen LogP contribution is 2.33. The van der Waals surface area contributed by atoms with Crippen LogP contribution in [0.5, 0.6) is 5.75 Å². The van der Waals surface area contributed by atoms with Crippen molar-refractivity contribution in [2.24, 2.45) is 0 Å². The number of hydrogen-bond donors (Lipinski definition) is 3. The zero-order valence-electron chi connectivity index (χ0n) is 11.7. The van der Waals surface area contributed by atoms with Gasteiger partial charge in [0.15, 0.2) is 0 Å². The fourth-order valence-corrected chi connectivity index (χ4v) is 2.47. The quantitative estimate of drug-likeness (QED) is 0.677. The zero-order chi connectivity index (χ0) is 14.9. The van der Waals surface area contributed by atoms with Gasteiger partial charge in [-0.25, -0.2) is 4.79 Å². The number of nitrogens with one attached hydrogen (secondary N) is 1. The predicted octanol–water partition coefficient (Wildman–Crippen LogP) is -0.0230. The second-order valence-corrected chi connectivity index (χ2v) is 5.30. The Morgan fingerprint density at radius 3 is 2.70 bits per heavy atom. The molecular formula is C13H18BNO5. The van der Waals surface area contributed by atoms with E-state index in [0.717, 1.165) is 5.56 Å². The van der Waals surface area contributed by atoms with Crippen LogP contribution in [-0.2, 0) is 4.74 Å². The molecule has 0 bridgehead atoms. The van der Waals surface area contributed by atoms with Gasteiger partial charge in [0.25, 0.3) is 0 Å². The molecule has 1 saturated heterocycles. The number of benzene rings is 1. The van der Waals surface area contributed by atoms with Gasteiger partial charge in [0, 0.05) is 17.9 Å². The van der Waals surface area contributed by atoms with Crippen LogP contribution in [0.25, 0.3) is 0 Å². The molecule has 0 spiro atoms. The number of amides is 1. The minimum absolute atomic E-state index is 0.0939. The first-order valence-corrected chi connectivity index (χ1v) is 6.36. The summed E-state index contributed by atoms with van der Waals surface area (Å²) >= 11 is 0. The molecule has 108 valence electrons. The molecule has 2 rings (SSSR count). The number of hydrogen-bond acceptors (Lipinski definition) is 5. The van der Waals surface area contributed by atoms with Crippen LogP contribution < -0.4 is 15.5 Å². The van der Waals surface area contributed by atoms with Gasteiger partial charge >= 0.3 is 13.2 Å². The molecule has 6 nitrogen and oxygen atoms in total. The van der Waals surface area contributed by atoms with Crippen molar-refractivity contribution in [2.45, 2.75) is 25.4 Å². The molecule has 1 aliphatic heterocycles. The monoisotopic (exact) mass is 279 g/mol. The Hall–Kier alpha value is -1.73. The molecular weight excluding hydrogens is 261 g/mol. The van der Waals surface area contributed by atoms with E-state index in [-0.39, 0.29) is 11.4 Å². The van der Waals surface area contributed by atoms with E-state index in [9.17, 15) is 14.8 Å². The molecule has 1 heterocycles. The van der Waals surface area contributed by atoms with Crippen LogP contribution in [0.2, 0.25) is 0 Å². The van der Waals surface area contributed by atoms with E-state index in [2.05, 4.69) is 5.32 Å². The molecule has 20 heavy (non-hydrogen) atoms. The van der Waals surface area contributed by atoms with E-state index < -0.39 is 18.8 Å². The molecule has 0 aliphatic carbocycles. The van der Waals surface area contributed by atoms with Crippen molar-refractivity contribution in [3.8, 4) is 5.75 Å². The molecule has 1 aromatic rings. The predicted molar refractivity (Wildman–Crippen MR) is 74.1 cm³/mol. The molecule has 1 fully saturated rings. The molecule has 1 aromatic carbocycles.